The van der Waals surface area contributed by atoms with Gasteiger partial charge in [-0.1, -0.05) is 0 Å². The lowest BCUT2D eigenvalue weighted by Crippen LogP contribution is -2.08. The zero-order chi connectivity index (χ0) is 10.0. The van der Waals surface area contributed by atoms with E-state index in [-0.39, 0.29) is 11.5 Å². The lowest BCUT2D eigenvalue weighted by Gasteiger charge is -1.99. The molecule has 0 aliphatic heterocycles. The molecular formula is C6H7F2N3O2. The minimum Gasteiger partial charge on any atom is -0.358 e. The van der Waals surface area contributed by atoms with Crippen LogP contribution in [0, 0.1) is 17.0 Å². The lowest BCUT2D eigenvalue weighted by atomic mass is 10.5. The largest absolute Gasteiger partial charge is 0.358 e. The van der Waals surface area contributed by atoms with Crippen molar-refractivity contribution >= 4 is 5.82 Å². The number of alkyl halides is 2. The van der Waals surface area contributed by atoms with Crippen LogP contribution in [0.25, 0.3) is 0 Å². The Labute approximate surface area is 72.1 Å². The molecular weight excluding hydrogens is 184 g/mol. The number of halogens is 2. The van der Waals surface area contributed by atoms with Crippen LogP contribution in [0.15, 0.2) is 6.33 Å². The van der Waals surface area contributed by atoms with Crippen LogP contribution in [-0.4, -0.2) is 20.9 Å². The van der Waals surface area contributed by atoms with E-state index in [4.69, 9.17) is 0 Å². The molecule has 0 radical (unpaired) electrons. The fourth-order valence-electron chi connectivity index (χ4n) is 0.996. The minimum atomic E-state index is -2.62. The topological polar surface area (TPSA) is 61.0 Å². The van der Waals surface area contributed by atoms with E-state index >= 15 is 0 Å². The molecule has 0 atom stereocenters. The summed E-state index contributed by atoms with van der Waals surface area (Å²) in [6.45, 7) is 0.706. The first-order valence-corrected chi connectivity index (χ1v) is 3.46. The molecule has 5 nitrogen and oxygen atoms in total. The number of nitro groups is 1. The zero-order valence-electron chi connectivity index (χ0n) is 6.78. The maximum absolute atomic E-state index is 11.9. The van der Waals surface area contributed by atoms with Crippen molar-refractivity contribution in [1.29, 1.82) is 0 Å². The normalized spacial score (nSPS) is 10.8. The van der Waals surface area contributed by atoms with Crippen LogP contribution in [0.3, 0.4) is 0 Å². The predicted octanol–water partition coefficient (Wildman–Crippen LogP) is 1.36. The quantitative estimate of drug-likeness (QED) is 0.535. The van der Waals surface area contributed by atoms with Crippen LogP contribution >= 0.6 is 0 Å². The van der Waals surface area contributed by atoms with Gasteiger partial charge in [-0.2, -0.15) is 0 Å². The highest BCUT2D eigenvalue weighted by Gasteiger charge is 2.20. The van der Waals surface area contributed by atoms with Crippen molar-refractivity contribution in [3.63, 3.8) is 0 Å². The Hall–Kier alpha value is -1.53. The third-order valence-corrected chi connectivity index (χ3v) is 1.49. The first-order valence-electron chi connectivity index (χ1n) is 3.46. The van der Waals surface area contributed by atoms with Crippen molar-refractivity contribution < 1.29 is 13.7 Å². The van der Waals surface area contributed by atoms with Crippen LogP contribution < -0.4 is 0 Å². The molecule has 0 spiro atoms. The molecule has 0 saturated heterocycles. The van der Waals surface area contributed by atoms with E-state index in [1.165, 1.54) is 6.92 Å². The zero-order valence-corrected chi connectivity index (χ0v) is 6.78. The Balaban J connectivity index is 3.00. The summed E-state index contributed by atoms with van der Waals surface area (Å²) in [6, 6.07) is 0. The van der Waals surface area contributed by atoms with Gasteiger partial charge in [-0.05, 0) is 11.8 Å². The lowest BCUT2D eigenvalue weighted by molar-refractivity contribution is -0.393. The van der Waals surface area contributed by atoms with Crippen LogP contribution in [-0.2, 0) is 6.54 Å². The molecule has 0 bridgehead atoms. The Morgan fingerprint density at radius 3 is 2.85 bits per heavy atom. The summed E-state index contributed by atoms with van der Waals surface area (Å²) in [7, 11) is 0. The van der Waals surface area contributed by atoms with E-state index in [9.17, 15) is 18.9 Å². The molecule has 1 aromatic heterocycles. The summed E-state index contributed by atoms with van der Waals surface area (Å²) >= 11 is 0. The molecule has 7 heteroatoms. The fourth-order valence-corrected chi connectivity index (χ4v) is 0.996. The van der Waals surface area contributed by atoms with Crippen molar-refractivity contribution in [3.05, 3.63) is 22.1 Å². The van der Waals surface area contributed by atoms with Crippen LogP contribution in [0.2, 0.25) is 0 Å². The summed E-state index contributed by atoms with van der Waals surface area (Å²) < 4.78 is 24.6. The van der Waals surface area contributed by atoms with Crippen LogP contribution in [0.5, 0.6) is 0 Å². The predicted molar refractivity (Wildman–Crippen MR) is 39.6 cm³/mol. The first-order chi connectivity index (χ1) is 6.02. The summed E-state index contributed by atoms with van der Waals surface area (Å²) in [6.07, 6.45) is -1.58. The highest BCUT2D eigenvalue weighted by atomic mass is 19.3. The van der Waals surface area contributed by atoms with E-state index in [2.05, 4.69) is 4.98 Å². The van der Waals surface area contributed by atoms with E-state index in [1.54, 1.807) is 0 Å². The van der Waals surface area contributed by atoms with Crippen LogP contribution in [0.4, 0.5) is 14.6 Å². The number of aromatic nitrogens is 2. The molecule has 1 rings (SSSR count). The number of hydrogen-bond donors (Lipinski definition) is 0. The van der Waals surface area contributed by atoms with Gasteiger partial charge < -0.3 is 10.1 Å². The second-order valence-electron chi connectivity index (χ2n) is 2.45. The van der Waals surface area contributed by atoms with Gasteiger partial charge in [0, 0.05) is 0 Å². The summed E-state index contributed by atoms with van der Waals surface area (Å²) in [5.74, 6) is -0.375. The highest BCUT2D eigenvalue weighted by molar-refractivity contribution is 5.26. The average Bonchev–Trinajstić information content (AvgIpc) is 2.30. The van der Waals surface area contributed by atoms with E-state index in [0.29, 0.717) is 0 Å². The van der Waals surface area contributed by atoms with Gasteiger partial charge in [0.15, 0.2) is 12.9 Å². The Morgan fingerprint density at radius 1 is 1.77 bits per heavy atom. The molecule has 0 aromatic carbocycles. The van der Waals surface area contributed by atoms with Crippen molar-refractivity contribution in [2.24, 2.45) is 0 Å². The molecule has 0 aliphatic rings. The maximum atomic E-state index is 11.9. The average molecular weight is 191 g/mol. The molecule has 1 heterocycles. The maximum Gasteiger partial charge on any atom is 0.345 e. The van der Waals surface area contributed by atoms with Crippen LogP contribution in [0.1, 0.15) is 5.69 Å². The SMILES string of the molecule is Cc1ncn(CC(F)F)c1[N+](=O)[O-]. The molecule has 0 fully saturated rings. The Kier molecular flexibility index (Phi) is 2.54. The van der Waals surface area contributed by atoms with Gasteiger partial charge in [-0.15, -0.1) is 0 Å². The molecule has 0 unspecified atom stereocenters. The van der Waals surface area contributed by atoms with Gasteiger partial charge in [0.25, 0.3) is 6.43 Å². The number of hydrogen-bond acceptors (Lipinski definition) is 3. The summed E-state index contributed by atoms with van der Waals surface area (Å²) in [5, 5.41) is 10.4. The molecule has 0 N–H and O–H groups in total. The number of rotatable bonds is 3. The van der Waals surface area contributed by atoms with E-state index < -0.39 is 17.9 Å². The molecule has 13 heavy (non-hydrogen) atoms. The van der Waals surface area contributed by atoms with Crippen molar-refractivity contribution in [2.45, 2.75) is 19.9 Å². The third-order valence-electron chi connectivity index (χ3n) is 1.49. The first kappa shape index (κ1) is 9.56. The summed E-state index contributed by atoms with van der Waals surface area (Å²) in [5.41, 5.74) is 0.144. The number of nitrogens with zero attached hydrogens (tertiary/aromatic N) is 3. The monoisotopic (exact) mass is 191 g/mol. The third kappa shape index (κ3) is 1.98. The molecule has 72 valence electrons. The minimum absolute atomic E-state index is 0.144. The fraction of sp³-hybridized carbons (Fsp3) is 0.500. The molecule has 0 saturated carbocycles. The number of aryl methyl sites for hydroxylation is 1. The van der Waals surface area contributed by atoms with E-state index in [1.807, 2.05) is 0 Å². The molecule has 0 aliphatic carbocycles. The van der Waals surface area contributed by atoms with Gasteiger partial charge in [0.1, 0.15) is 5.69 Å². The smallest absolute Gasteiger partial charge is 0.345 e. The van der Waals surface area contributed by atoms with Crippen molar-refractivity contribution in [3.8, 4) is 0 Å². The number of imidazole rings is 1. The van der Waals surface area contributed by atoms with Gasteiger partial charge >= 0.3 is 5.82 Å². The second-order valence-corrected chi connectivity index (χ2v) is 2.45. The molecule has 0 amide bonds. The highest BCUT2D eigenvalue weighted by Crippen LogP contribution is 2.17. The second kappa shape index (κ2) is 3.46. The van der Waals surface area contributed by atoms with Crippen molar-refractivity contribution in [2.75, 3.05) is 0 Å². The Bertz CT molecular complexity index is 324. The Morgan fingerprint density at radius 2 is 2.38 bits per heavy atom. The van der Waals surface area contributed by atoms with Gasteiger partial charge in [-0.3, -0.25) is 0 Å². The summed E-state index contributed by atoms with van der Waals surface area (Å²) in [4.78, 5) is 13.2. The van der Waals surface area contributed by atoms with Gasteiger partial charge in [0.05, 0.1) is 0 Å². The van der Waals surface area contributed by atoms with Gasteiger partial charge in [0.2, 0.25) is 0 Å². The van der Waals surface area contributed by atoms with Crippen molar-refractivity contribution in [1.82, 2.24) is 9.55 Å². The standard InChI is InChI=1S/C6H7F2N3O2/c1-4-6(11(12)13)10(3-9-4)2-5(7)8/h3,5H,2H2,1H3. The van der Waals surface area contributed by atoms with Gasteiger partial charge in [-0.25, -0.2) is 18.3 Å². The molecule has 1 aromatic rings. The van der Waals surface area contributed by atoms with E-state index in [0.717, 1.165) is 10.9 Å².